The number of hydrogen-bond donors (Lipinski definition) is 0. The molecule has 224 valence electrons. The molecule has 1 saturated carbocycles. The third-order valence-electron chi connectivity index (χ3n) is 8.09. The first kappa shape index (κ1) is 29.6. The molecule has 43 heavy (non-hydrogen) atoms. The molecule has 0 bridgehead atoms. The van der Waals surface area contributed by atoms with Gasteiger partial charge in [-0.3, -0.25) is 4.57 Å². The van der Waals surface area contributed by atoms with Crippen LogP contribution in [0.5, 0.6) is 5.75 Å². The number of methoxy groups -OCH3 is 1. The normalized spacial score (nSPS) is 16.5. The summed E-state index contributed by atoms with van der Waals surface area (Å²) < 4.78 is 18.3. The van der Waals surface area contributed by atoms with E-state index < -0.39 is 11.7 Å². The number of carbonyl (C=O) groups is 1. The van der Waals surface area contributed by atoms with Gasteiger partial charge in [-0.05, 0) is 73.2 Å². The maximum absolute atomic E-state index is 12.9. The van der Waals surface area contributed by atoms with Gasteiger partial charge in [0.2, 0.25) is 0 Å². The fourth-order valence-corrected chi connectivity index (χ4v) is 6.51. The lowest BCUT2D eigenvalue weighted by molar-refractivity contribution is 0.0600. The number of rotatable bonds is 10. The van der Waals surface area contributed by atoms with Crippen molar-refractivity contribution in [2.45, 2.75) is 50.7 Å². The largest absolute Gasteiger partial charge is 0.487 e. The Kier molecular flexibility index (Phi) is 8.71. The Hall–Kier alpha value is -3.46. The summed E-state index contributed by atoms with van der Waals surface area (Å²) in [5.41, 5.74) is 2.98. The molecule has 11 heteroatoms. The Bertz CT molecular complexity index is 1680. The highest BCUT2D eigenvalue weighted by molar-refractivity contribution is 6.36. The summed E-state index contributed by atoms with van der Waals surface area (Å²) in [7, 11) is 1.35. The van der Waals surface area contributed by atoms with E-state index in [2.05, 4.69) is 9.88 Å². The number of anilines is 1. The van der Waals surface area contributed by atoms with Crippen molar-refractivity contribution in [1.82, 2.24) is 9.55 Å². The van der Waals surface area contributed by atoms with Gasteiger partial charge in [0, 0.05) is 52.7 Å². The van der Waals surface area contributed by atoms with E-state index in [9.17, 15) is 9.59 Å². The molecule has 1 aliphatic carbocycles. The molecular formula is C32H30Cl3N3O5. The zero-order valence-electron chi connectivity index (χ0n) is 23.5. The van der Waals surface area contributed by atoms with Crippen LogP contribution in [0, 0.1) is 0 Å². The van der Waals surface area contributed by atoms with E-state index in [0.29, 0.717) is 45.1 Å². The third-order valence-corrected chi connectivity index (χ3v) is 9.13. The molecule has 0 N–H and O–H groups in total. The molecule has 3 heterocycles. The molecule has 1 aliphatic heterocycles. The Labute approximate surface area is 264 Å². The van der Waals surface area contributed by atoms with Crippen LogP contribution in [0.25, 0.3) is 0 Å². The van der Waals surface area contributed by atoms with Crippen molar-refractivity contribution in [1.29, 1.82) is 0 Å². The quantitative estimate of drug-likeness (QED) is 0.168. The van der Waals surface area contributed by atoms with E-state index in [-0.39, 0.29) is 18.4 Å². The minimum absolute atomic E-state index is 0.175. The molecular weight excluding hydrogens is 613 g/mol. The third kappa shape index (κ3) is 6.42. The first-order chi connectivity index (χ1) is 20.8. The van der Waals surface area contributed by atoms with Crippen molar-refractivity contribution in [2.75, 3.05) is 25.1 Å². The second kappa shape index (κ2) is 12.6. The topological polar surface area (TPSA) is 86.8 Å². The van der Waals surface area contributed by atoms with Crippen molar-refractivity contribution in [2.24, 2.45) is 0 Å². The van der Waals surface area contributed by atoms with Gasteiger partial charge in [-0.25, -0.2) is 14.6 Å². The zero-order chi connectivity index (χ0) is 30.1. The summed E-state index contributed by atoms with van der Waals surface area (Å²) in [6.45, 7) is 2.13. The van der Waals surface area contributed by atoms with Crippen LogP contribution in [-0.2, 0) is 24.3 Å². The van der Waals surface area contributed by atoms with Gasteiger partial charge in [0.1, 0.15) is 29.6 Å². The number of halogens is 3. The number of oxazole rings is 1. The highest BCUT2D eigenvalue weighted by Gasteiger charge is 2.33. The van der Waals surface area contributed by atoms with Gasteiger partial charge in [0.25, 0.3) is 0 Å². The van der Waals surface area contributed by atoms with Crippen LogP contribution in [0.2, 0.25) is 15.1 Å². The molecule has 0 radical (unpaired) electrons. The van der Waals surface area contributed by atoms with Gasteiger partial charge in [0.05, 0.1) is 12.7 Å². The first-order valence-electron chi connectivity index (χ1n) is 14.2. The molecule has 6 rings (SSSR count). The minimum Gasteiger partial charge on any atom is -0.487 e. The van der Waals surface area contributed by atoms with Crippen LogP contribution in [0.4, 0.5) is 5.82 Å². The Morgan fingerprint density at radius 1 is 1.02 bits per heavy atom. The van der Waals surface area contributed by atoms with Crippen LogP contribution in [0.15, 0.2) is 63.9 Å². The van der Waals surface area contributed by atoms with Crippen LogP contribution in [0.3, 0.4) is 0 Å². The monoisotopic (exact) mass is 641 g/mol. The van der Waals surface area contributed by atoms with Crippen LogP contribution < -0.4 is 15.4 Å². The van der Waals surface area contributed by atoms with Crippen molar-refractivity contribution in [3.63, 3.8) is 0 Å². The number of benzene rings is 2. The number of aromatic nitrogens is 2. The highest BCUT2D eigenvalue weighted by Crippen LogP contribution is 2.42. The standard InChI is InChI=1S/C32H30Cl3N3O5/c1-41-31(39)20-7-10-29(36-16-20)37-13-11-21(17-37)23-9-8-22(15-27(23)35)42-18-28-30(19-5-6-19)43-32(40)38(28)14-12-24-25(33)3-2-4-26(24)34/h2-4,7-10,15-16,19,21H,5-6,11-14,17-18H2,1H3. The fourth-order valence-electron chi connectivity index (χ4n) is 5.60. The Morgan fingerprint density at radius 2 is 1.81 bits per heavy atom. The maximum Gasteiger partial charge on any atom is 0.419 e. The van der Waals surface area contributed by atoms with Gasteiger partial charge >= 0.3 is 11.7 Å². The van der Waals surface area contributed by atoms with Crippen molar-refractivity contribution < 1.29 is 18.7 Å². The summed E-state index contributed by atoms with van der Waals surface area (Å²) in [4.78, 5) is 31.2. The first-order valence-corrected chi connectivity index (χ1v) is 15.3. The van der Waals surface area contributed by atoms with Crippen molar-refractivity contribution in [3.8, 4) is 5.75 Å². The number of esters is 1. The molecule has 2 fully saturated rings. The van der Waals surface area contributed by atoms with E-state index in [4.69, 9.17) is 48.7 Å². The van der Waals surface area contributed by atoms with E-state index in [1.54, 1.807) is 28.8 Å². The average Bonchev–Trinajstić information content (AvgIpc) is 3.65. The lowest BCUT2D eigenvalue weighted by Gasteiger charge is -2.18. The minimum atomic E-state index is -0.408. The maximum atomic E-state index is 12.9. The summed E-state index contributed by atoms with van der Waals surface area (Å²) >= 11 is 19.5. The lowest BCUT2D eigenvalue weighted by Crippen LogP contribution is -2.20. The molecule has 4 aromatic rings. The molecule has 1 saturated heterocycles. The molecule has 0 spiro atoms. The Morgan fingerprint density at radius 3 is 2.49 bits per heavy atom. The van der Waals surface area contributed by atoms with E-state index in [1.165, 1.54) is 13.3 Å². The summed E-state index contributed by atoms with van der Waals surface area (Å²) in [6.07, 6.45) is 4.91. The van der Waals surface area contributed by atoms with Crippen molar-refractivity contribution in [3.05, 3.63) is 108 Å². The number of nitrogens with zero attached hydrogens (tertiary/aromatic N) is 3. The predicted octanol–water partition coefficient (Wildman–Crippen LogP) is 7.28. The van der Waals surface area contributed by atoms with Crippen molar-refractivity contribution >= 4 is 46.6 Å². The number of pyridine rings is 1. The summed E-state index contributed by atoms with van der Waals surface area (Å²) in [6, 6.07) is 14.7. The predicted molar refractivity (Wildman–Crippen MR) is 166 cm³/mol. The molecule has 2 aromatic heterocycles. The molecule has 2 aromatic carbocycles. The Balaban J connectivity index is 1.13. The smallest absolute Gasteiger partial charge is 0.419 e. The molecule has 8 nitrogen and oxygen atoms in total. The van der Waals surface area contributed by atoms with Gasteiger partial charge in [-0.1, -0.05) is 46.9 Å². The van der Waals surface area contributed by atoms with Crippen LogP contribution in [0.1, 0.15) is 64.0 Å². The highest BCUT2D eigenvalue weighted by atomic mass is 35.5. The average molecular weight is 643 g/mol. The summed E-state index contributed by atoms with van der Waals surface area (Å²) in [5, 5.41) is 1.76. The van der Waals surface area contributed by atoms with Gasteiger partial charge in [-0.15, -0.1) is 0 Å². The molecule has 1 unspecified atom stereocenters. The zero-order valence-corrected chi connectivity index (χ0v) is 25.8. The number of ether oxygens (including phenoxy) is 2. The van der Waals surface area contributed by atoms with E-state index in [0.717, 1.165) is 55.0 Å². The lowest BCUT2D eigenvalue weighted by atomic mass is 9.98. The van der Waals surface area contributed by atoms with Gasteiger partial charge in [-0.2, -0.15) is 0 Å². The van der Waals surface area contributed by atoms with Gasteiger partial charge in [0.15, 0.2) is 0 Å². The van der Waals surface area contributed by atoms with E-state index in [1.807, 2.05) is 24.3 Å². The summed E-state index contributed by atoms with van der Waals surface area (Å²) in [5.74, 6) is 1.75. The van der Waals surface area contributed by atoms with Gasteiger partial charge < -0.3 is 18.8 Å². The second-order valence-electron chi connectivity index (χ2n) is 10.9. The fraction of sp³-hybridized carbons (Fsp3) is 0.344. The number of hydrogen-bond acceptors (Lipinski definition) is 7. The SMILES string of the molecule is COC(=O)c1ccc(N2CCC(c3ccc(OCc4c(C5CC5)oc(=O)n4CCc4c(Cl)cccc4Cl)cc3Cl)C2)nc1. The number of carbonyl (C=O) groups excluding carboxylic acids is 1. The van der Waals surface area contributed by atoms with Crippen LogP contribution in [-0.4, -0.2) is 35.7 Å². The van der Waals surface area contributed by atoms with E-state index >= 15 is 0 Å². The molecule has 1 atom stereocenters. The second-order valence-corrected chi connectivity index (χ2v) is 12.1. The molecule has 2 aliphatic rings. The molecule has 0 amide bonds. The van der Waals surface area contributed by atoms with Crippen LogP contribution >= 0.6 is 34.8 Å².